The Morgan fingerprint density at radius 1 is 1.12 bits per heavy atom. The Labute approximate surface area is 143 Å². The van der Waals surface area contributed by atoms with Crippen LogP contribution in [0.1, 0.15) is 55.8 Å². The van der Waals surface area contributed by atoms with E-state index in [1.807, 2.05) is 6.92 Å². The molecule has 2 aliphatic carbocycles. The molecule has 1 atom stereocenters. The third-order valence-corrected chi connectivity index (χ3v) is 4.89. The summed E-state index contributed by atoms with van der Waals surface area (Å²) in [6.45, 7) is 2.04. The van der Waals surface area contributed by atoms with Crippen molar-refractivity contribution in [3.63, 3.8) is 0 Å². The summed E-state index contributed by atoms with van der Waals surface area (Å²) in [6, 6.07) is 7.49. The fourth-order valence-electron chi connectivity index (χ4n) is 3.20. The molecule has 0 aromatic heterocycles. The maximum Gasteiger partial charge on any atom is 0.258 e. The summed E-state index contributed by atoms with van der Waals surface area (Å²) >= 11 is 0. The molecular weight excluding hydrogens is 304 g/mol. The lowest BCUT2D eigenvalue weighted by molar-refractivity contribution is -0.123. The normalized spacial score (nSPS) is 18.9. The molecule has 3 rings (SSSR count). The molecule has 1 aromatic carbocycles. The molecule has 1 aromatic rings. The summed E-state index contributed by atoms with van der Waals surface area (Å²) in [5, 5.41) is 6.01. The van der Waals surface area contributed by atoms with Gasteiger partial charge in [0, 0.05) is 17.6 Å². The minimum absolute atomic E-state index is 0.00464. The molecule has 2 N–H and O–H groups in total. The fraction of sp³-hybridized carbons (Fsp3) is 0.579. The highest BCUT2D eigenvalue weighted by atomic mass is 16.5. The summed E-state index contributed by atoms with van der Waals surface area (Å²) in [6.07, 6.45) is 6.93. The van der Waals surface area contributed by atoms with Crippen LogP contribution in [0, 0.1) is 5.92 Å². The first-order chi connectivity index (χ1) is 11.6. The van der Waals surface area contributed by atoms with Gasteiger partial charge in [-0.25, -0.2) is 0 Å². The molecule has 0 saturated heterocycles. The van der Waals surface area contributed by atoms with E-state index in [1.54, 1.807) is 24.3 Å². The monoisotopic (exact) mass is 330 g/mol. The van der Waals surface area contributed by atoms with Crippen LogP contribution in [-0.4, -0.2) is 30.5 Å². The van der Waals surface area contributed by atoms with Crippen molar-refractivity contribution in [2.75, 3.05) is 6.61 Å². The zero-order valence-electron chi connectivity index (χ0n) is 14.2. The summed E-state index contributed by atoms with van der Waals surface area (Å²) < 4.78 is 5.49. The lowest BCUT2D eigenvalue weighted by Gasteiger charge is -2.14. The van der Waals surface area contributed by atoms with Crippen LogP contribution < -0.4 is 15.4 Å². The summed E-state index contributed by atoms with van der Waals surface area (Å²) in [4.78, 5) is 24.0. The molecule has 2 aliphatic rings. The highest BCUT2D eigenvalue weighted by molar-refractivity contribution is 5.94. The molecule has 0 aliphatic heterocycles. The van der Waals surface area contributed by atoms with Crippen LogP contribution in [0.5, 0.6) is 5.75 Å². The standard InChI is InChI=1S/C19H26N2O3/c1-13(14-6-7-14)20-18(22)12-24-17-10-8-15(9-11-17)19(23)21-16-4-2-3-5-16/h8-11,13-14,16H,2-7,12H2,1H3,(H,20,22)(H,21,23)/t13-/m1/s1. The number of ether oxygens (including phenoxy) is 1. The number of carbonyl (C=O) groups excluding carboxylic acids is 2. The van der Waals surface area contributed by atoms with E-state index in [2.05, 4.69) is 10.6 Å². The van der Waals surface area contributed by atoms with E-state index in [0.717, 1.165) is 12.8 Å². The zero-order chi connectivity index (χ0) is 16.9. The van der Waals surface area contributed by atoms with Crippen LogP contribution in [0.4, 0.5) is 0 Å². The summed E-state index contributed by atoms with van der Waals surface area (Å²) in [7, 11) is 0. The fourth-order valence-corrected chi connectivity index (χ4v) is 3.20. The van der Waals surface area contributed by atoms with Crippen molar-refractivity contribution in [3.8, 4) is 5.75 Å². The van der Waals surface area contributed by atoms with Gasteiger partial charge in [0.2, 0.25) is 0 Å². The second-order valence-electron chi connectivity index (χ2n) is 6.96. The largest absolute Gasteiger partial charge is 0.484 e. The van der Waals surface area contributed by atoms with Crippen molar-refractivity contribution in [3.05, 3.63) is 29.8 Å². The lowest BCUT2D eigenvalue weighted by Crippen LogP contribution is -2.37. The maximum atomic E-state index is 12.2. The van der Waals surface area contributed by atoms with Gasteiger partial charge in [0.15, 0.2) is 6.61 Å². The van der Waals surface area contributed by atoms with Crippen molar-refractivity contribution in [1.82, 2.24) is 10.6 Å². The minimum atomic E-state index is -0.0996. The third kappa shape index (κ3) is 4.73. The Kier molecular flexibility index (Phi) is 5.38. The van der Waals surface area contributed by atoms with Gasteiger partial charge in [-0.2, -0.15) is 0 Å². The van der Waals surface area contributed by atoms with Crippen molar-refractivity contribution in [2.45, 2.75) is 57.5 Å². The van der Waals surface area contributed by atoms with Crippen LogP contribution >= 0.6 is 0 Å². The highest BCUT2D eigenvalue weighted by Crippen LogP contribution is 2.32. The predicted molar refractivity (Wildman–Crippen MR) is 92.0 cm³/mol. The number of hydrogen-bond donors (Lipinski definition) is 2. The SMILES string of the molecule is C[C@@H](NC(=O)COc1ccc(C(=O)NC2CCCC2)cc1)C1CC1. The number of rotatable bonds is 7. The molecule has 5 nitrogen and oxygen atoms in total. The van der Waals surface area contributed by atoms with Crippen molar-refractivity contribution in [1.29, 1.82) is 0 Å². The van der Waals surface area contributed by atoms with E-state index in [-0.39, 0.29) is 24.5 Å². The van der Waals surface area contributed by atoms with Crippen LogP contribution in [0.2, 0.25) is 0 Å². The first kappa shape index (κ1) is 16.8. The van der Waals surface area contributed by atoms with Crippen molar-refractivity contribution < 1.29 is 14.3 Å². The number of carbonyl (C=O) groups is 2. The number of amides is 2. The molecule has 5 heteroatoms. The number of hydrogen-bond acceptors (Lipinski definition) is 3. The molecule has 130 valence electrons. The van der Waals surface area contributed by atoms with Gasteiger partial charge in [0.25, 0.3) is 11.8 Å². The molecule has 0 spiro atoms. The third-order valence-electron chi connectivity index (χ3n) is 4.89. The average Bonchev–Trinajstić information content (AvgIpc) is 3.32. The van der Waals surface area contributed by atoms with Gasteiger partial charge in [-0.1, -0.05) is 12.8 Å². The Hall–Kier alpha value is -2.04. The Balaban J connectivity index is 1.43. The Morgan fingerprint density at radius 3 is 2.42 bits per heavy atom. The van der Waals surface area contributed by atoms with E-state index in [0.29, 0.717) is 23.3 Å². The van der Waals surface area contributed by atoms with Gasteiger partial charge in [-0.05, 0) is 62.8 Å². The number of benzene rings is 1. The van der Waals surface area contributed by atoms with Crippen molar-refractivity contribution >= 4 is 11.8 Å². The molecule has 0 heterocycles. The molecule has 0 unspecified atom stereocenters. The van der Waals surface area contributed by atoms with Gasteiger partial charge in [-0.3, -0.25) is 9.59 Å². The Bertz CT molecular complexity index is 575. The summed E-state index contributed by atoms with van der Waals surface area (Å²) in [5.74, 6) is 1.09. The first-order valence-corrected chi connectivity index (χ1v) is 8.95. The molecule has 24 heavy (non-hydrogen) atoms. The van der Waals surface area contributed by atoms with E-state index < -0.39 is 0 Å². The van der Waals surface area contributed by atoms with E-state index in [1.165, 1.54) is 25.7 Å². The van der Waals surface area contributed by atoms with Crippen LogP contribution in [0.15, 0.2) is 24.3 Å². The molecular formula is C19H26N2O3. The van der Waals surface area contributed by atoms with Crippen LogP contribution in [0.3, 0.4) is 0 Å². The highest BCUT2D eigenvalue weighted by Gasteiger charge is 2.28. The summed E-state index contributed by atoms with van der Waals surface area (Å²) in [5.41, 5.74) is 0.626. The van der Waals surface area contributed by atoms with Gasteiger partial charge < -0.3 is 15.4 Å². The van der Waals surface area contributed by atoms with Gasteiger partial charge in [-0.15, -0.1) is 0 Å². The topological polar surface area (TPSA) is 67.4 Å². The van der Waals surface area contributed by atoms with Gasteiger partial charge in [0.1, 0.15) is 5.75 Å². The second kappa shape index (κ2) is 7.69. The average molecular weight is 330 g/mol. The lowest BCUT2D eigenvalue weighted by atomic mass is 10.1. The van der Waals surface area contributed by atoms with E-state index >= 15 is 0 Å². The van der Waals surface area contributed by atoms with Gasteiger partial charge >= 0.3 is 0 Å². The Morgan fingerprint density at radius 2 is 1.79 bits per heavy atom. The maximum absolute atomic E-state index is 12.2. The smallest absolute Gasteiger partial charge is 0.258 e. The van der Waals surface area contributed by atoms with E-state index in [9.17, 15) is 9.59 Å². The second-order valence-corrected chi connectivity index (χ2v) is 6.96. The molecule has 0 bridgehead atoms. The quantitative estimate of drug-likeness (QED) is 0.808. The zero-order valence-corrected chi connectivity index (χ0v) is 14.2. The molecule has 2 amide bonds. The van der Waals surface area contributed by atoms with Gasteiger partial charge in [0.05, 0.1) is 0 Å². The number of nitrogens with one attached hydrogen (secondary N) is 2. The predicted octanol–water partition coefficient (Wildman–Crippen LogP) is 2.65. The van der Waals surface area contributed by atoms with Crippen LogP contribution in [0.25, 0.3) is 0 Å². The van der Waals surface area contributed by atoms with E-state index in [4.69, 9.17) is 4.74 Å². The minimum Gasteiger partial charge on any atom is -0.484 e. The van der Waals surface area contributed by atoms with Crippen LogP contribution in [-0.2, 0) is 4.79 Å². The molecule has 2 saturated carbocycles. The first-order valence-electron chi connectivity index (χ1n) is 8.95. The molecule has 0 radical (unpaired) electrons. The van der Waals surface area contributed by atoms with Crippen molar-refractivity contribution in [2.24, 2.45) is 5.92 Å². The molecule has 2 fully saturated rings.